The number of hydrazine groups is 1. The van der Waals surface area contributed by atoms with Crippen LogP contribution in [0.2, 0.25) is 0 Å². The molecule has 0 saturated heterocycles. The Kier molecular flexibility index (Phi) is 5.73. The summed E-state index contributed by atoms with van der Waals surface area (Å²) in [5, 5.41) is 0.581. The van der Waals surface area contributed by atoms with Crippen molar-refractivity contribution in [2.75, 3.05) is 5.75 Å². The third-order valence-electron chi connectivity index (χ3n) is 2.45. The normalized spacial score (nSPS) is 14.8. The van der Waals surface area contributed by atoms with Gasteiger partial charge in [0.05, 0.1) is 12.2 Å². The number of halogens is 1. The number of thioether (sulfide) groups is 1. The van der Waals surface area contributed by atoms with Crippen molar-refractivity contribution in [2.45, 2.75) is 31.6 Å². The first-order valence-electron chi connectivity index (χ1n) is 5.35. The lowest BCUT2D eigenvalue weighted by Gasteiger charge is -2.17. The molecule has 1 rings (SSSR count). The van der Waals surface area contributed by atoms with Crippen LogP contribution in [0.3, 0.4) is 0 Å². The number of aromatic nitrogens is 1. The molecule has 0 spiro atoms. The van der Waals surface area contributed by atoms with Gasteiger partial charge in [0.25, 0.3) is 0 Å². The van der Waals surface area contributed by atoms with Crippen LogP contribution >= 0.6 is 11.8 Å². The molecule has 2 atom stereocenters. The number of nitrogens with two attached hydrogens (primary N) is 1. The van der Waals surface area contributed by atoms with Crippen LogP contribution in [0.5, 0.6) is 0 Å². The van der Waals surface area contributed by atoms with Gasteiger partial charge in [-0.05, 0) is 18.1 Å². The zero-order chi connectivity index (χ0) is 12.0. The summed E-state index contributed by atoms with van der Waals surface area (Å²) in [6.07, 6.45) is 3.95. The summed E-state index contributed by atoms with van der Waals surface area (Å²) in [7, 11) is 0. The summed E-state index contributed by atoms with van der Waals surface area (Å²) in [6, 6.07) is 1.41. The molecule has 0 bridgehead atoms. The van der Waals surface area contributed by atoms with Crippen LogP contribution in [0, 0.1) is 5.82 Å². The fourth-order valence-corrected chi connectivity index (χ4v) is 2.28. The minimum absolute atomic E-state index is 0.0535. The van der Waals surface area contributed by atoms with Crippen molar-refractivity contribution in [1.82, 2.24) is 10.4 Å². The molecule has 0 aliphatic rings. The Balaban J connectivity index is 2.60. The molecule has 1 aromatic heterocycles. The summed E-state index contributed by atoms with van der Waals surface area (Å²) in [6.45, 7) is 4.31. The van der Waals surface area contributed by atoms with Gasteiger partial charge in [0, 0.05) is 17.2 Å². The van der Waals surface area contributed by atoms with E-state index >= 15 is 0 Å². The number of hydrogen-bond acceptors (Lipinski definition) is 4. The van der Waals surface area contributed by atoms with Crippen molar-refractivity contribution in [3.05, 3.63) is 29.8 Å². The fraction of sp³-hybridized carbons (Fsp3) is 0.545. The van der Waals surface area contributed by atoms with E-state index in [-0.39, 0.29) is 11.9 Å². The van der Waals surface area contributed by atoms with Crippen LogP contribution in [0.4, 0.5) is 4.39 Å². The summed E-state index contributed by atoms with van der Waals surface area (Å²) in [5.41, 5.74) is 3.49. The van der Waals surface area contributed by atoms with Gasteiger partial charge >= 0.3 is 0 Å². The largest absolute Gasteiger partial charge is 0.271 e. The van der Waals surface area contributed by atoms with E-state index in [0.29, 0.717) is 5.25 Å². The van der Waals surface area contributed by atoms with Crippen LogP contribution in [0.15, 0.2) is 18.5 Å². The van der Waals surface area contributed by atoms with E-state index in [2.05, 4.69) is 24.3 Å². The maximum absolute atomic E-state index is 13.0. The molecule has 0 fully saturated rings. The molecule has 2 unspecified atom stereocenters. The Labute approximate surface area is 100.0 Å². The molecule has 0 aromatic carbocycles. The molecule has 16 heavy (non-hydrogen) atoms. The predicted octanol–water partition coefficient (Wildman–Crippen LogP) is 2.26. The fourth-order valence-electron chi connectivity index (χ4n) is 1.24. The first-order valence-corrected chi connectivity index (χ1v) is 6.40. The molecule has 1 heterocycles. The first-order chi connectivity index (χ1) is 7.67. The second-order valence-electron chi connectivity index (χ2n) is 3.71. The number of nitrogens with zero attached hydrogens (tertiary/aromatic N) is 1. The van der Waals surface area contributed by atoms with E-state index in [1.165, 1.54) is 12.3 Å². The van der Waals surface area contributed by atoms with Crippen molar-refractivity contribution >= 4 is 11.8 Å². The Morgan fingerprint density at radius 3 is 2.88 bits per heavy atom. The Morgan fingerprint density at radius 2 is 2.31 bits per heavy atom. The summed E-state index contributed by atoms with van der Waals surface area (Å²) in [4.78, 5) is 3.82. The molecule has 1 aromatic rings. The highest BCUT2D eigenvalue weighted by molar-refractivity contribution is 7.99. The zero-order valence-corrected chi connectivity index (χ0v) is 10.4. The Morgan fingerprint density at radius 1 is 1.56 bits per heavy atom. The summed E-state index contributed by atoms with van der Waals surface area (Å²) in [5.74, 6) is 5.96. The van der Waals surface area contributed by atoms with Gasteiger partial charge in [0.15, 0.2) is 0 Å². The molecular weight excluding hydrogens is 225 g/mol. The number of pyridine rings is 1. The van der Waals surface area contributed by atoms with Crippen LogP contribution in [-0.2, 0) is 0 Å². The summed E-state index contributed by atoms with van der Waals surface area (Å²) < 4.78 is 13.0. The highest BCUT2D eigenvalue weighted by Crippen LogP contribution is 2.22. The van der Waals surface area contributed by atoms with Crippen molar-refractivity contribution in [3.63, 3.8) is 0 Å². The minimum atomic E-state index is -0.328. The van der Waals surface area contributed by atoms with E-state index in [1.54, 1.807) is 6.20 Å². The quantitative estimate of drug-likeness (QED) is 0.594. The molecule has 90 valence electrons. The van der Waals surface area contributed by atoms with Crippen molar-refractivity contribution in [3.8, 4) is 0 Å². The molecule has 0 radical (unpaired) electrons. The van der Waals surface area contributed by atoms with Gasteiger partial charge in [-0.1, -0.05) is 13.8 Å². The van der Waals surface area contributed by atoms with Gasteiger partial charge < -0.3 is 0 Å². The molecule has 3 nitrogen and oxygen atoms in total. The van der Waals surface area contributed by atoms with Crippen LogP contribution in [-0.4, -0.2) is 16.0 Å². The Hall–Kier alpha value is -0.650. The van der Waals surface area contributed by atoms with Gasteiger partial charge in [-0.15, -0.1) is 0 Å². The number of rotatable bonds is 6. The first kappa shape index (κ1) is 13.4. The van der Waals surface area contributed by atoms with Crippen molar-refractivity contribution in [1.29, 1.82) is 0 Å². The van der Waals surface area contributed by atoms with Crippen LogP contribution in [0.25, 0.3) is 0 Å². The number of nitrogens with one attached hydrogen (secondary N) is 1. The molecule has 5 heteroatoms. The molecule has 0 amide bonds. The zero-order valence-electron chi connectivity index (χ0n) is 9.61. The number of hydrogen-bond donors (Lipinski definition) is 2. The molecule has 0 saturated carbocycles. The summed E-state index contributed by atoms with van der Waals surface area (Å²) >= 11 is 1.82. The highest BCUT2D eigenvalue weighted by Gasteiger charge is 2.12. The standard InChI is InChI=1S/C11H18FN3S/c1-3-8(2)16-7-11(15-13)9-4-10(12)6-14-5-9/h4-6,8,11,15H,3,7,13H2,1-2H3. The molecular formula is C11H18FN3S. The van der Waals surface area contributed by atoms with E-state index in [9.17, 15) is 4.39 Å². The maximum atomic E-state index is 13.0. The van der Waals surface area contributed by atoms with E-state index in [4.69, 9.17) is 5.84 Å². The third kappa shape index (κ3) is 4.08. The topological polar surface area (TPSA) is 50.9 Å². The lowest BCUT2D eigenvalue weighted by atomic mass is 10.1. The van der Waals surface area contributed by atoms with Gasteiger partial charge in [-0.3, -0.25) is 16.3 Å². The second-order valence-corrected chi connectivity index (χ2v) is 5.18. The van der Waals surface area contributed by atoms with Crippen molar-refractivity contribution < 1.29 is 4.39 Å². The van der Waals surface area contributed by atoms with Crippen LogP contribution < -0.4 is 11.3 Å². The van der Waals surface area contributed by atoms with Gasteiger partial charge in [-0.2, -0.15) is 11.8 Å². The average molecular weight is 243 g/mol. The third-order valence-corrected chi connectivity index (χ3v) is 3.88. The van der Waals surface area contributed by atoms with E-state index < -0.39 is 0 Å². The lowest BCUT2D eigenvalue weighted by Crippen LogP contribution is -2.30. The van der Waals surface area contributed by atoms with E-state index in [0.717, 1.165) is 17.7 Å². The monoisotopic (exact) mass is 243 g/mol. The molecule has 0 aliphatic carbocycles. The second kappa shape index (κ2) is 6.83. The maximum Gasteiger partial charge on any atom is 0.141 e. The van der Waals surface area contributed by atoms with Gasteiger partial charge in [0.2, 0.25) is 0 Å². The van der Waals surface area contributed by atoms with Crippen LogP contribution in [0.1, 0.15) is 31.9 Å². The van der Waals surface area contributed by atoms with Crippen molar-refractivity contribution in [2.24, 2.45) is 5.84 Å². The Bertz CT molecular complexity index is 322. The molecule has 0 aliphatic heterocycles. The van der Waals surface area contributed by atoms with Gasteiger partial charge in [0.1, 0.15) is 5.82 Å². The van der Waals surface area contributed by atoms with E-state index in [1.807, 2.05) is 11.8 Å². The van der Waals surface area contributed by atoms with Gasteiger partial charge in [-0.25, -0.2) is 4.39 Å². The SMILES string of the molecule is CCC(C)SCC(NN)c1cncc(F)c1. The highest BCUT2D eigenvalue weighted by atomic mass is 32.2. The molecule has 3 N–H and O–H groups in total. The smallest absolute Gasteiger partial charge is 0.141 e. The lowest BCUT2D eigenvalue weighted by molar-refractivity contribution is 0.584. The minimum Gasteiger partial charge on any atom is -0.271 e. The average Bonchev–Trinajstić information content (AvgIpc) is 2.29. The predicted molar refractivity (Wildman–Crippen MR) is 66.5 cm³/mol.